The van der Waals surface area contributed by atoms with E-state index in [9.17, 15) is 0 Å². The second kappa shape index (κ2) is 6.74. The molecule has 0 bridgehead atoms. The first-order chi connectivity index (χ1) is 7.62. The van der Waals surface area contributed by atoms with Gasteiger partial charge in [-0.2, -0.15) is 0 Å². The molecule has 1 unspecified atom stereocenters. The third-order valence-electron chi connectivity index (χ3n) is 4.09. The summed E-state index contributed by atoms with van der Waals surface area (Å²) < 4.78 is 11.0. The Kier molecular flexibility index (Phi) is 5.96. The molecule has 1 aliphatic rings. The van der Waals surface area contributed by atoms with Crippen molar-refractivity contribution < 1.29 is 8.85 Å². The lowest BCUT2D eigenvalue weighted by atomic mass is 9.86. The van der Waals surface area contributed by atoms with E-state index in [4.69, 9.17) is 14.6 Å². The van der Waals surface area contributed by atoms with Crippen LogP contribution in [0.5, 0.6) is 0 Å². The Labute approximate surface area is 101 Å². The molecule has 0 saturated heterocycles. The van der Waals surface area contributed by atoms with Crippen LogP contribution in [0.4, 0.5) is 0 Å². The lowest BCUT2D eigenvalue weighted by Gasteiger charge is -2.30. The quantitative estimate of drug-likeness (QED) is 0.732. The molecule has 1 aliphatic carbocycles. The van der Waals surface area contributed by atoms with Gasteiger partial charge in [0, 0.05) is 19.9 Å². The highest BCUT2D eigenvalue weighted by atomic mass is 28.4. The highest BCUT2D eigenvalue weighted by Gasteiger charge is 2.36. The van der Waals surface area contributed by atoms with Crippen LogP contribution in [0.1, 0.15) is 44.9 Å². The standard InChI is InChI=1S/C12H27NO2Si/c1-14-16(3,15-2)12(13)10-9-11-7-5-4-6-8-11/h11-12H,4-10,13H2,1-3H3. The van der Waals surface area contributed by atoms with Crippen molar-refractivity contribution >= 4 is 8.56 Å². The molecule has 96 valence electrons. The second-order valence-corrected chi connectivity index (χ2v) is 8.70. The minimum Gasteiger partial charge on any atom is -0.397 e. The van der Waals surface area contributed by atoms with E-state index >= 15 is 0 Å². The maximum absolute atomic E-state index is 6.20. The fourth-order valence-electron chi connectivity index (χ4n) is 2.54. The fourth-order valence-corrected chi connectivity index (χ4v) is 4.00. The molecule has 1 saturated carbocycles. The molecular weight excluding hydrogens is 218 g/mol. The zero-order chi connectivity index (χ0) is 12.0. The first-order valence-corrected chi connectivity index (χ1v) is 8.87. The van der Waals surface area contributed by atoms with Gasteiger partial charge in [0.15, 0.2) is 0 Å². The molecule has 2 N–H and O–H groups in total. The van der Waals surface area contributed by atoms with Crippen molar-refractivity contribution in [1.29, 1.82) is 0 Å². The van der Waals surface area contributed by atoms with Crippen molar-refractivity contribution in [2.45, 2.75) is 57.2 Å². The summed E-state index contributed by atoms with van der Waals surface area (Å²) in [6.07, 6.45) is 9.32. The van der Waals surface area contributed by atoms with Crippen molar-refractivity contribution in [2.75, 3.05) is 14.2 Å². The number of hydrogen-bond donors (Lipinski definition) is 1. The Bertz CT molecular complexity index is 191. The average Bonchev–Trinajstić information content (AvgIpc) is 2.36. The highest BCUT2D eigenvalue weighted by Crippen LogP contribution is 2.28. The maximum atomic E-state index is 6.20. The first kappa shape index (κ1) is 14.2. The Balaban J connectivity index is 2.30. The van der Waals surface area contributed by atoms with Gasteiger partial charge in [-0.1, -0.05) is 32.1 Å². The summed E-state index contributed by atoms with van der Waals surface area (Å²) in [7, 11) is 1.33. The molecule has 1 atom stereocenters. The summed E-state index contributed by atoms with van der Waals surface area (Å²) in [5.41, 5.74) is 6.30. The molecule has 0 amide bonds. The molecule has 0 aromatic heterocycles. The van der Waals surface area contributed by atoms with Gasteiger partial charge in [-0.15, -0.1) is 0 Å². The van der Waals surface area contributed by atoms with Crippen LogP contribution in [-0.4, -0.2) is 28.4 Å². The maximum Gasteiger partial charge on any atom is 0.351 e. The van der Waals surface area contributed by atoms with Crippen LogP contribution in [0.15, 0.2) is 0 Å². The van der Waals surface area contributed by atoms with Gasteiger partial charge in [0.25, 0.3) is 0 Å². The molecule has 0 aromatic rings. The number of hydrogen-bond acceptors (Lipinski definition) is 3. The van der Waals surface area contributed by atoms with Gasteiger partial charge in [0.05, 0.1) is 0 Å². The Morgan fingerprint density at radius 2 is 1.75 bits per heavy atom. The Hall–Kier alpha value is 0.0969. The van der Waals surface area contributed by atoms with E-state index in [1.807, 2.05) is 0 Å². The summed E-state index contributed by atoms with van der Waals surface area (Å²) >= 11 is 0. The molecule has 3 nitrogen and oxygen atoms in total. The molecule has 16 heavy (non-hydrogen) atoms. The van der Waals surface area contributed by atoms with E-state index in [-0.39, 0.29) is 5.67 Å². The van der Waals surface area contributed by atoms with Gasteiger partial charge < -0.3 is 14.6 Å². The van der Waals surface area contributed by atoms with Crippen molar-refractivity contribution in [3.8, 4) is 0 Å². The van der Waals surface area contributed by atoms with Crippen LogP contribution >= 0.6 is 0 Å². The Morgan fingerprint density at radius 3 is 2.25 bits per heavy atom. The smallest absolute Gasteiger partial charge is 0.351 e. The topological polar surface area (TPSA) is 44.5 Å². The zero-order valence-corrected chi connectivity index (χ0v) is 12.0. The molecule has 0 heterocycles. The van der Waals surface area contributed by atoms with Crippen LogP contribution in [0.25, 0.3) is 0 Å². The molecule has 1 rings (SSSR count). The second-order valence-electron chi connectivity index (χ2n) is 5.11. The summed E-state index contributed by atoms with van der Waals surface area (Å²) in [6, 6.07) is 0. The van der Waals surface area contributed by atoms with Gasteiger partial charge in [-0.25, -0.2) is 0 Å². The van der Waals surface area contributed by atoms with E-state index in [1.54, 1.807) is 14.2 Å². The molecule has 0 spiro atoms. The lowest BCUT2D eigenvalue weighted by Crippen LogP contribution is -2.54. The van der Waals surface area contributed by atoms with Gasteiger partial charge in [-0.05, 0) is 25.3 Å². The van der Waals surface area contributed by atoms with Crippen LogP contribution in [-0.2, 0) is 8.85 Å². The number of nitrogens with two attached hydrogens (primary N) is 1. The van der Waals surface area contributed by atoms with Crippen molar-refractivity contribution in [1.82, 2.24) is 0 Å². The van der Waals surface area contributed by atoms with Gasteiger partial charge in [0.1, 0.15) is 0 Å². The molecular formula is C12H27NO2Si. The fraction of sp³-hybridized carbons (Fsp3) is 1.00. The normalized spacial score (nSPS) is 21.0. The number of rotatable bonds is 6. The van der Waals surface area contributed by atoms with E-state index in [0.717, 1.165) is 12.3 Å². The van der Waals surface area contributed by atoms with E-state index in [1.165, 1.54) is 38.5 Å². The van der Waals surface area contributed by atoms with Gasteiger partial charge >= 0.3 is 8.56 Å². The predicted molar refractivity (Wildman–Crippen MR) is 69.4 cm³/mol. The third-order valence-corrected chi connectivity index (χ3v) is 7.35. The van der Waals surface area contributed by atoms with E-state index in [0.29, 0.717) is 0 Å². The predicted octanol–water partition coefficient (Wildman–Crippen LogP) is 2.58. The van der Waals surface area contributed by atoms with Gasteiger partial charge in [-0.3, -0.25) is 0 Å². The van der Waals surface area contributed by atoms with E-state index < -0.39 is 8.56 Å². The molecule has 0 radical (unpaired) electrons. The average molecular weight is 245 g/mol. The lowest BCUT2D eigenvalue weighted by molar-refractivity contribution is 0.230. The SMILES string of the molecule is CO[Si](C)(OC)C(N)CCC1CCCCC1. The summed E-state index contributed by atoms with van der Waals surface area (Å²) in [5.74, 6) is 0.895. The van der Waals surface area contributed by atoms with Crippen LogP contribution in [0, 0.1) is 5.92 Å². The van der Waals surface area contributed by atoms with Crippen LogP contribution in [0.3, 0.4) is 0 Å². The van der Waals surface area contributed by atoms with Crippen LogP contribution in [0.2, 0.25) is 6.55 Å². The minimum atomic E-state index is -2.11. The summed E-state index contributed by atoms with van der Waals surface area (Å²) in [4.78, 5) is 0. The highest BCUT2D eigenvalue weighted by molar-refractivity contribution is 6.67. The third kappa shape index (κ3) is 3.84. The largest absolute Gasteiger partial charge is 0.397 e. The zero-order valence-electron chi connectivity index (χ0n) is 11.0. The van der Waals surface area contributed by atoms with Crippen molar-refractivity contribution in [3.63, 3.8) is 0 Å². The minimum absolute atomic E-state index is 0.101. The molecule has 0 aromatic carbocycles. The molecule has 1 fully saturated rings. The van der Waals surface area contributed by atoms with Gasteiger partial charge in [0.2, 0.25) is 0 Å². The monoisotopic (exact) mass is 245 g/mol. The summed E-state index contributed by atoms with van der Waals surface area (Å²) in [6.45, 7) is 2.05. The molecule has 0 aliphatic heterocycles. The van der Waals surface area contributed by atoms with Crippen molar-refractivity contribution in [3.05, 3.63) is 0 Å². The van der Waals surface area contributed by atoms with Crippen molar-refractivity contribution in [2.24, 2.45) is 11.7 Å². The summed E-state index contributed by atoms with van der Waals surface area (Å²) in [5, 5.41) is 0. The Morgan fingerprint density at radius 1 is 1.19 bits per heavy atom. The first-order valence-electron chi connectivity index (χ1n) is 6.48. The van der Waals surface area contributed by atoms with E-state index in [2.05, 4.69) is 6.55 Å². The van der Waals surface area contributed by atoms with Crippen LogP contribution < -0.4 is 5.73 Å². The molecule has 4 heteroatoms.